The molecule has 2 heterocycles. The molecule has 1 aromatic carbocycles. The molecule has 2 aromatic rings. The van der Waals surface area contributed by atoms with Crippen molar-refractivity contribution in [3.63, 3.8) is 0 Å². The van der Waals surface area contributed by atoms with E-state index in [1.54, 1.807) is 13.2 Å². The second kappa shape index (κ2) is 7.83. The normalized spacial score (nSPS) is 18.5. The number of piperazine rings is 1. The van der Waals surface area contributed by atoms with Gasteiger partial charge in [-0.05, 0) is 25.2 Å². The summed E-state index contributed by atoms with van der Waals surface area (Å²) in [6.07, 6.45) is 0.631. The predicted molar refractivity (Wildman–Crippen MR) is 92.7 cm³/mol. The molecule has 1 saturated heterocycles. The van der Waals surface area contributed by atoms with Gasteiger partial charge in [-0.2, -0.15) is 4.98 Å². The van der Waals surface area contributed by atoms with Gasteiger partial charge in [0.25, 0.3) is 0 Å². The summed E-state index contributed by atoms with van der Waals surface area (Å²) in [6, 6.07) is 5.63. The van der Waals surface area contributed by atoms with E-state index >= 15 is 0 Å². The Kier molecular flexibility index (Phi) is 5.55. The number of hydrogen-bond acceptors (Lipinski definition) is 7. The molecular weight excluding hydrogens is 330 g/mol. The third-order valence-corrected chi connectivity index (χ3v) is 4.34. The molecular formula is C16H22ClN5O2. The van der Waals surface area contributed by atoms with E-state index in [2.05, 4.69) is 32.7 Å². The van der Waals surface area contributed by atoms with Gasteiger partial charge in [-0.15, -0.1) is 0 Å². The van der Waals surface area contributed by atoms with Crippen molar-refractivity contribution in [2.45, 2.75) is 12.5 Å². The molecule has 3 rings (SSSR count). The Hall–Kier alpha value is -1.83. The lowest BCUT2D eigenvalue weighted by Gasteiger charge is -2.30. The molecule has 1 aliphatic heterocycles. The van der Waals surface area contributed by atoms with E-state index in [0.29, 0.717) is 23.9 Å². The van der Waals surface area contributed by atoms with Gasteiger partial charge < -0.3 is 19.9 Å². The number of rotatable bonds is 6. The predicted octanol–water partition coefficient (Wildman–Crippen LogP) is 1.96. The zero-order valence-electron chi connectivity index (χ0n) is 13.9. The Morgan fingerprint density at radius 3 is 3.17 bits per heavy atom. The van der Waals surface area contributed by atoms with Crippen molar-refractivity contribution in [1.29, 1.82) is 0 Å². The third-order valence-electron chi connectivity index (χ3n) is 4.11. The van der Waals surface area contributed by atoms with Crippen LogP contribution >= 0.6 is 11.6 Å². The van der Waals surface area contributed by atoms with E-state index in [4.69, 9.17) is 20.9 Å². The SMILES string of the molecule is COc1ccc(Cl)cc1NCCc1nc(C2CNCCN2C)no1. The number of likely N-dealkylation sites (N-methyl/N-ethyl adjacent to an activating group) is 1. The summed E-state index contributed by atoms with van der Waals surface area (Å²) in [7, 11) is 3.71. The molecule has 0 radical (unpaired) electrons. The summed E-state index contributed by atoms with van der Waals surface area (Å²) in [4.78, 5) is 6.76. The van der Waals surface area contributed by atoms with Crippen LogP contribution in [-0.2, 0) is 6.42 Å². The second-order valence-corrected chi connectivity index (χ2v) is 6.20. The van der Waals surface area contributed by atoms with Gasteiger partial charge in [-0.3, -0.25) is 4.90 Å². The number of ether oxygens (including phenoxy) is 1. The molecule has 7 nitrogen and oxygen atoms in total. The molecule has 1 fully saturated rings. The number of nitrogens with one attached hydrogen (secondary N) is 2. The Bertz CT molecular complexity index is 678. The molecule has 0 aliphatic carbocycles. The Labute approximate surface area is 146 Å². The molecule has 8 heteroatoms. The minimum atomic E-state index is 0.164. The molecule has 1 aliphatic rings. The molecule has 0 saturated carbocycles. The first-order valence-electron chi connectivity index (χ1n) is 7.98. The van der Waals surface area contributed by atoms with Crippen molar-refractivity contribution in [3.05, 3.63) is 34.9 Å². The largest absolute Gasteiger partial charge is 0.495 e. The monoisotopic (exact) mass is 351 g/mol. The van der Waals surface area contributed by atoms with Crippen molar-refractivity contribution in [2.24, 2.45) is 0 Å². The number of aromatic nitrogens is 2. The summed E-state index contributed by atoms with van der Waals surface area (Å²) in [5.74, 6) is 2.11. The fraction of sp³-hybridized carbons (Fsp3) is 0.500. The topological polar surface area (TPSA) is 75.5 Å². The van der Waals surface area contributed by atoms with Crippen LogP contribution in [0.25, 0.3) is 0 Å². The van der Waals surface area contributed by atoms with E-state index in [-0.39, 0.29) is 6.04 Å². The average molecular weight is 352 g/mol. The van der Waals surface area contributed by atoms with Crippen LogP contribution in [0.1, 0.15) is 17.8 Å². The lowest BCUT2D eigenvalue weighted by molar-refractivity contribution is 0.190. The highest BCUT2D eigenvalue weighted by Crippen LogP contribution is 2.27. The van der Waals surface area contributed by atoms with Gasteiger partial charge in [0.2, 0.25) is 5.89 Å². The van der Waals surface area contributed by atoms with Gasteiger partial charge in [-0.1, -0.05) is 16.8 Å². The van der Waals surface area contributed by atoms with Gasteiger partial charge in [0.15, 0.2) is 5.82 Å². The van der Waals surface area contributed by atoms with Crippen molar-refractivity contribution < 1.29 is 9.26 Å². The maximum atomic E-state index is 6.03. The fourth-order valence-corrected chi connectivity index (χ4v) is 2.89. The van der Waals surface area contributed by atoms with Crippen LogP contribution in [-0.4, -0.2) is 55.4 Å². The number of benzene rings is 1. The lowest BCUT2D eigenvalue weighted by atomic mass is 10.2. The van der Waals surface area contributed by atoms with Crippen molar-refractivity contribution in [1.82, 2.24) is 20.4 Å². The van der Waals surface area contributed by atoms with Crippen LogP contribution in [0.4, 0.5) is 5.69 Å². The first-order chi connectivity index (χ1) is 11.7. The highest BCUT2D eigenvalue weighted by Gasteiger charge is 2.25. The van der Waals surface area contributed by atoms with Crippen molar-refractivity contribution >= 4 is 17.3 Å². The fourth-order valence-electron chi connectivity index (χ4n) is 2.72. The van der Waals surface area contributed by atoms with Gasteiger partial charge in [0.1, 0.15) is 5.75 Å². The summed E-state index contributed by atoms with van der Waals surface area (Å²) < 4.78 is 10.7. The molecule has 1 unspecified atom stereocenters. The van der Waals surface area contributed by atoms with Crippen LogP contribution in [0.5, 0.6) is 5.75 Å². The van der Waals surface area contributed by atoms with Gasteiger partial charge in [0.05, 0.1) is 18.8 Å². The standard InChI is InChI=1S/C16H22ClN5O2/c1-22-8-7-18-10-13(22)16-20-15(24-21-16)5-6-19-12-9-11(17)3-4-14(12)23-2/h3-4,9,13,18-19H,5-8,10H2,1-2H3. The summed E-state index contributed by atoms with van der Waals surface area (Å²) >= 11 is 6.03. The number of nitrogens with zero attached hydrogens (tertiary/aromatic N) is 3. The maximum Gasteiger partial charge on any atom is 0.228 e. The lowest BCUT2D eigenvalue weighted by Crippen LogP contribution is -2.44. The molecule has 24 heavy (non-hydrogen) atoms. The van der Waals surface area contributed by atoms with E-state index in [1.807, 2.05) is 12.1 Å². The van der Waals surface area contributed by atoms with Crippen LogP contribution in [0, 0.1) is 0 Å². The molecule has 0 amide bonds. The van der Waals surface area contributed by atoms with Crippen LogP contribution < -0.4 is 15.4 Å². The van der Waals surface area contributed by atoms with Gasteiger partial charge in [-0.25, -0.2) is 0 Å². The maximum absolute atomic E-state index is 6.03. The molecule has 1 aromatic heterocycles. The molecule has 1 atom stereocenters. The molecule has 2 N–H and O–H groups in total. The highest BCUT2D eigenvalue weighted by atomic mass is 35.5. The Morgan fingerprint density at radius 1 is 1.50 bits per heavy atom. The van der Waals surface area contributed by atoms with Crippen LogP contribution in [0.3, 0.4) is 0 Å². The second-order valence-electron chi connectivity index (χ2n) is 5.77. The smallest absolute Gasteiger partial charge is 0.228 e. The molecule has 0 spiro atoms. The van der Waals surface area contributed by atoms with E-state index in [0.717, 1.165) is 36.9 Å². The minimum absolute atomic E-state index is 0.164. The number of anilines is 1. The Balaban J connectivity index is 1.57. The highest BCUT2D eigenvalue weighted by molar-refractivity contribution is 6.30. The number of hydrogen-bond donors (Lipinski definition) is 2. The molecule has 0 bridgehead atoms. The summed E-state index contributed by atoms with van der Waals surface area (Å²) in [6.45, 7) is 3.46. The Morgan fingerprint density at radius 2 is 2.38 bits per heavy atom. The van der Waals surface area contributed by atoms with Crippen LogP contribution in [0.15, 0.2) is 22.7 Å². The minimum Gasteiger partial charge on any atom is -0.495 e. The van der Waals surface area contributed by atoms with E-state index < -0.39 is 0 Å². The van der Waals surface area contributed by atoms with E-state index in [1.165, 1.54) is 0 Å². The quantitative estimate of drug-likeness (QED) is 0.824. The van der Waals surface area contributed by atoms with Crippen molar-refractivity contribution in [2.75, 3.05) is 45.7 Å². The molecule has 130 valence electrons. The van der Waals surface area contributed by atoms with Gasteiger partial charge >= 0.3 is 0 Å². The number of halogens is 1. The first-order valence-corrected chi connectivity index (χ1v) is 8.36. The number of methoxy groups -OCH3 is 1. The van der Waals surface area contributed by atoms with Gasteiger partial charge in [0, 0.05) is 37.6 Å². The summed E-state index contributed by atoms with van der Waals surface area (Å²) in [5.41, 5.74) is 0.848. The zero-order chi connectivity index (χ0) is 16.9. The third kappa shape index (κ3) is 3.98. The van der Waals surface area contributed by atoms with E-state index in [9.17, 15) is 0 Å². The van der Waals surface area contributed by atoms with Crippen molar-refractivity contribution in [3.8, 4) is 5.75 Å². The zero-order valence-corrected chi connectivity index (χ0v) is 14.6. The summed E-state index contributed by atoms with van der Waals surface area (Å²) in [5, 5.41) is 11.4. The first kappa shape index (κ1) is 17.0. The van der Waals surface area contributed by atoms with Crippen LogP contribution in [0.2, 0.25) is 5.02 Å². The average Bonchev–Trinajstić information content (AvgIpc) is 3.04.